The molecule has 1 heterocycles. The van der Waals surface area contributed by atoms with E-state index in [1.807, 2.05) is 12.3 Å². The van der Waals surface area contributed by atoms with Crippen molar-refractivity contribution >= 4 is 33.3 Å². The second-order valence-corrected chi connectivity index (χ2v) is 6.59. The van der Waals surface area contributed by atoms with Gasteiger partial charge in [-0.15, -0.1) is 11.6 Å². The normalized spacial score (nSPS) is 28.1. The van der Waals surface area contributed by atoms with Crippen LogP contribution in [-0.2, 0) is 0 Å². The van der Waals surface area contributed by atoms with Crippen molar-refractivity contribution in [3.63, 3.8) is 0 Å². The van der Waals surface area contributed by atoms with Gasteiger partial charge in [0.1, 0.15) is 5.82 Å². The van der Waals surface area contributed by atoms with E-state index >= 15 is 0 Å². The highest BCUT2D eigenvalue weighted by molar-refractivity contribution is 9.10. The van der Waals surface area contributed by atoms with Crippen molar-refractivity contribution in [3.8, 4) is 0 Å². The molecule has 0 aliphatic heterocycles. The van der Waals surface area contributed by atoms with Gasteiger partial charge in [-0.2, -0.15) is 0 Å². The highest BCUT2D eigenvalue weighted by Gasteiger charge is 2.34. The fourth-order valence-electron chi connectivity index (χ4n) is 2.81. The molecule has 0 amide bonds. The largest absolute Gasteiger partial charge is 0.362 e. The Morgan fingerprint density at radius 3 is 3.06 bits per heavy atom. The Balaban J connectivity index is 2.22. The number of halogens is 2. The van der Waals surface area contributed by atoms with Crippen molar-refractivity contribution in [1.29, 1.82) is 0 Å². The quantitative estimate of drug-likeness (QED) is 0.808. The number of aryl methyl sites for hydroxylation is 1. The first-order valence-electron chi connectivity index (χ1n) is 6.51. The van der Waals surface area contributed by atoms with E-state index in [1.54, 1.807) is 0 Å². The van der Waals surface area contributed by atoms with E-state index in [0.717, 1.165) is 29.1 Å². The highest BCUT2D eigenvalue weighted by atomic mass is 79.9. The molecule has 0 radical (unpaired) electrons. The molecule has 0 saturated heterocycles. The van der Waals surface area contributed by atoms with Gasteiger partial charge in [0.15, 0.2) is 0 Å². The fourth-order valence-corrected chi connectivity index (χ4v) is 3.45. The first kappa shape index (κ1) is 14.1. The molecule has 0 aromatic carbocycles. The summed E-state index contributed by atoms with van der Waals surface area (Å²) in [5.41, 5.74) is 1.20. The first-order chi connectivity index (χ1) is 8.56. The number of pyridine rings is 1. The van der Waals surface area contributed by atoms with E-state index in [-0.39, 0.29) is 5.54 Å². The molecule has 100 valence electrons. The van der Waals surface area contributed by atoms with Crippen molar-refractivity contribution in [2.75, 3.05) is 11.2 Å². The lowest BCUT2D eigenvalue weighted by atomic mass is 9.77. The number of hydrogen-bond donors (Lipinski definition) is 1. The Kier molecular flexibility index (Phi) is 4.54. The summed E-state index contributed by atoms with van der Waals surface area (Å²) in [6, 6.07) is 2.01. The number of aromatic nitrogens is 1. The highest BCUT2D eigenvalue weighted by Crippen LogP contribution is 2.37. The van der Waals surface area contributed by atoms with E-state index in [2.05, 4.69) is 40.1 Å². The zero-order valence-corrected chi connectivity index (χ0v) is 13.3. The van der Waals surface area contributed by atoms with Gasteiger partial charge < -0.3 is 5.32 Å². The summed E-state index contributed by atoms with van der Waals surface area (Å²) in [6.45, 7) is 4.38. The monoisotopic (exact) mass is 330 g/mol. The zero-order chi connectivity index (χ0) is 13.2. The van der Waals surface area contributed by atoms with Crippen LogP contribution in [0.3, 0.4) is 0 Å². The number of nitrogens with one attached hydrogen (secondary N) is 1. The van der Waals surface area contributed by atoms with Crippen LogP contribution in [-0.4, -0.2) is 16.4 Å². The lowest BCUT2D eigenvalue weighted by Gasteiger charge is -2.40. The lowest BCUT2D eigenvalue weighted by molar-refractivity contribution is 0.279. The minimum Gasteiger partial charge on any atom is -0.362 e. The van der Waals surface area contributed by atoms with Crippen LogP contribution >= 0.6 is 27.5 Å². The van der Waals surface area contributed by atoms with Gasteiger partial charge in [-0.3, -0.25) is 0 Å². The molecule has 4 heteroatoms. The van der Waals surface area contributed by atoms with Crippen LogP contribution in [0.4, 0.5) is 5.82 Å². The van der Waals surface area contributed by atoms with Gasteiger partial charge >= 0.3 is 0 Å². The molecule has 18 heavy (non-hydrogen) atoms. The molecule has 1 fully saturated rings. The zero-order valence-electron chi connectivity index (χ0n) is 11.0. The average molecular weight is 332 g/mol. The maximum Gasteiger partial charge on any atom is 0.141 e. The predicted molar refractivity (Wildman–Crippen MR) is 81.4 cm³/mol. The van der Waals surface area contributed by atoms with Crippen LogP contribution in [0.25, 0.3) is 0 Å². The summed E-state index contributed by atoms with van der Waals surface area (Å²) in [5.74, 6) is 2.29. The minimum atomic E-state index is 0.00252. The SMILES string of the molecule is Cc1ccnc(NC2(CCl)CCCC(C)C2)c1Br. The van der Waals surface area contributed by atoms with Crippen LogP contribution < -0.4 is 5.32 Å². The van der Waals surface area contributed by atoms with Crippen LogP contribution in [0.5, 0.6) is 0 Å². The molecule has 2 unspecified atom stereocenters. The fraction of sp³-hybridized carbons (Fsp3) is 0.643. The summed E-state index contributed by atoms with van der Waals surface area (Å²) in [4.78, 5) is 4.43. The van der Waals surface area contributed by atoms with Crippen LogP contribution in [0.1, 0.15) is 38.2 Å². The molecule has 1 saturated carbocycles. The maximum atomic E-state index is 6.24. The molecule has 1 aliphatic rings. The second-order valence-electron chi connectivity index (χ2n) is 5.53. The molecular weight excluding hydrogens is 312 g/mol. The molecule has 1 aromatic heterocycles. The predicted octanol–water partition coefficient (Wildman–Crippen LogP) is 4.75. The molecule has 0 bridgehead atoms. The van der Waals surface area contributed by atoms with E-state index in [9.17, 15) is 0 Å². The third kappa shape index (κ3) is 3.00. The van der Waals surface area contributed by atoms with E-state index in [4.69, 9.17) is 11.6 Å². The average Bonchev–Trinajstić information content (AvgIpc) is 2.35. The van der Waals surface area contributed by atoms with Gasteiger partial charge in [-0.05, 0) is 53.2 Å². The third-order valence-corrected chi connectivity index (χ3v) is 5.33. The standard InChI is InChI=1S/C14H20BrClN2/c1-10-4-3-6-14(8-10,9-16)18-13-12(15)11(2)5-7-17-13/h5,7,10H,3-4,6,8-9H2,1-2H3,(H,17,18). The first-order valence-corrected chi connectivity index (χ1v) is 7.84. The third-order valence-electron chi connectivity index (χ3n) is 3.81. The molecule has 1 aromatic rings. The molecule has 2 atom stereocenters. The topological polar surface area (TPSA) is 24.9 Å². The molecule has 2 nitrogen and oxygen atoms in total. The van der Waals surface area contributed by atoms with Gasteiger partial charge in [0.2, 0.25) is 0 Å². The Labute approximate surface area is 123 Å². The van der Waals surface area contributed by atoms with E-state index in [1.165, 1.54) is 18.4 Å². The lowest BCUT2D eigenvalue weighted by Crippen LogP contribution is -2.44. The number of hydrogen-bond acceptors (Lipinski definition) is 2. The van der Waals surface area contributed by atoms with Gasteiger partial charge in [0.25, 0.3) is 0 Å². The Morgan fingerprint density at radius 1 is 1.61 bits per heavy atom. The minimum absolute atomic E-state index is 0.00252. The number of alkyl halides is 1. The van der Waals surface area contributed by atoms with Gasteiger partial charge in [-0.1, -0.05) is 19.8 Å². The molecule has 2 rings (SSSR count). The second kappa shape index (κ2) is 5.79. The molecular formula is C14H20BrClN2. The van der Waals surface area contributed by atoms with E-state index < -0.39 is 0 Å². The molecule has 1 N–H and O–H groups in total. The van der Waals surface area contributed by atoms with Crippen molar-refractivity contribution in [2.24, 2.45) is 5.92 Å². The number of nitrogens with zero attached hydrogens (tertiary/aromatic N) is 1. The van der Waals surface area contributed by atoms with Crippen molar-refractivity contribution in [3.05, 3.63) is 22.3 Å². The number of anilines is 1. The van der Waals surface area contributed by atoms with Gasteiger partial charge in [-0.25, -0.2) is 4.98 Å². The van der Waals surface area contributed by atoms with Crippen molar-refractivity contribution < 1.29 is 0 Å². The summed E-state index contributed by atoms with van der Waals surface area (Å²) in [6.07, 6.45) is 6.64. The Hall–Kier alpha value is -0.280. The summed E-state index contributed by atoms with van der Waals surface area (Å²) >= 11 is 9.85. The summed E-state index contributed by atoms with van der Waals surface area (Å²) in [5, 5.41) is 3.59. The summed E-state index contributed by atoms with van der Waals surface area (Å²) < 4.78 is 1.05. The van der Waals surface area contributed by atoms with Gasteiger partial charge in [0, 0.05) is 12.1 Å². The number of rotatable bonds is 3. The Bertz CT molecular complexity index is 424. The maximum absolute atomic E-state index is 6.24. The molecule has 0 spiro atoms. The van der Waals surface area contributed by atoms with Crippen molar-refractivity contribution in [2.45, 2.75) is 45.1 Å². The van der Waals surface area contributed by atoms with Crippen molar-refractivity contribution in [1.82, 2.24) is 4.98 Å². The van der Waals surface area contributed by atoms with E-state index in [0.29, 0.717) is 5.88 Å². The van der Waals surface area contributed by atoms with Crippen LogP contribution in [0.15, 0.2) is 16.7 Å². The van der Waals surface area contributed by atoms with Crippen LogP contribution in [0.2, 0.25) is 0 Å². The Morgan fingerprint density at radius 2 is 2.39 bits per heavy atom. The van der Waals surface area contributed by atoms with Crippen LogP contribution in [0, 0.1) is 12.8 Å². The van der Waals surface area contributed by atoms with Gasteiger partial charge in [0.05, 0.1) is 10.0 Å². The smallest absolute Gasteiger partial charge is 0.141 e. The molecule has 1 aliphatic carbocycles. The summed E-state index contributed by atoms with van der Waals surface area (Å²) in [7, 11) is 0.